The summed E-state index contributed by atoms with van der Waals surface area (Å²) in [4.78, 5) is 4.82. The molecule has 22 heavy (non-hydrogen) atoms. The van der Waals surface area contributed by atoms with Gasteiger partial charge in [-0.25, -0.2) is 0 Å². The van der Waals surface area contributed by atoms with Gasteiger partial charge in [-0.1, -0.05) is 36.4 Å². The topological polar surface area (TPSA) is 38.7 Å². The zero-order valence-corrected chi connectivity index (χ0v) is 13.0. The van der Waals surface area contributed by atoms with Gasteiger partial charge < -0.3 is 10.4 Å². The Hall–Kier alpha value is -1.62. The Labute approximate surface area is 132 Å². The molecule has 3 rings (SSSR count). The van der Waals surface area contributed by atoms with Gasteiger partial charge in [-0.15, -0.1) is 0 Å². The predicted octanol–water partition coefficient (Wildman–Crippen LogP) is 1.86. The summed E-state index contributed by atoms with van der Waals surface area (Å²) in [6.45, 7) is 7.42. The van der Waals surface area contributed by atoms with Crippen LogP contribution >= 0.6 is 0 Å². The van der Waals surface area contributed by atoms with Crippen LogP contribution in [0.2, 0.25) is 0 Å². The largest absolute Gasteiger partial charge is 0.395 e. The number of rotatable bonds is 6. The highest BCUT2D eigenvalue weighted by Gasteiger charge is 2.15. The second-order valence-corrected chi connectivity index (χ2v) is 5.86. The molecule has 0 aromatic heterocycles. The maximum Gasteiger partial charge on any atom is 0.0558 e. The van der Waals surface area contributed by atoms with Gasteiger partial charge in [-0.3, -0.25) is 9.80 Å². The SMILES string of the molecule is OCCN1CCN(CCNc2cccc3ccccc23)CC1. The van der Waals surface area contributed by atoms with Gasteiger partial charge in [-0.2, -0.15) is 0 Å². The zero-order chi connectivity index (χ0) is 15.2. The summed E-state index contributed by atoms with van der Waals surface area (Å²) in [5, 5.41) is 15.1. The Kier molecular flexibility index (Phi) is 5.27. The van der Waals surface area contributed by atoms with Crippen molar-refractivity contribution < 1.29 is 5.11 Å². The fraction of sp³-hybridized carbons (Fsp3) is 0.444. The molecule has 4 nitrogen and oxygen atoms in total. The first-order chi connectivity index (χ1) is 10.9. The Morgan fingerprint density at radius 3 is 2.32 bits per heavy atom. The van der Waals surface area contributed by atoms with Gasteiger partial charge in [0.05, 0.1) is 6.61 Å². The first kappa shape index (κ1) is 15.3. The van der Waals surface area contributed by atoms with Crippen molar-refractivity contribution in [3.63, 3.8) is 0 Å². The van der Waals surface area contributed by atoms with Crippen molar-refractivity contribution in [1.82, 2.24) is 9.80 Å². The Morgan fingerprint density at radius 2 is 1.55 bits per heavy atom. The molecule has 118 valence electrons. The van der Waals surface area contributed by atoms with E-state index in [0.717, 1.165) is 45.8 Å². The number of piperazine rings is 1. The molecule has 1 fully saturated rings. The van der Waals surface area contributed by atoms with E-state index in [1.807, 2.05) is 0 Å². The van der Waals surface area contributed by atoms with Crippen molar-refractivity contribution in [2.24, 2.45) is 0 Å². The van der Waals surface area contributed by atoms with Crippen LogP contribution in [0.4, 0.5) is 5.69 Å². The van der Waals surface area contributed by atoms with Crippen LogP contribution in [0.15, 0.2) is 42.5 Å². The molecule has 4 heteroatoms. The van der Waals surface area contributed by atoms with Crippen LogP contribution in [0.5, 0.6) is 0 Å². The third-order valence-electron chi connectivity index (χ3n) is 4.41. The van der Waals surface area contributed by atoms with E-state index >= 15 is 0 Å². The molecular formula is C18H25N3O. The lowest BCUT2D eigenvalue weighted by atomic mass is 10.1. The number of benzene rings is 2. The highest BCUT2D eigenvalue weighted by atomic mass is 16.3. The predicted molar refractivity (Wildman–Crippen MR) is 92.4 cm³/mol. The van der Waals surface area contributed by atoms with Crippen molar-refractivity contribution in [2.75, 3.05) is 57.7 Å². The maximum absolute atomic E-state index is 8.97. The van der Waals surface area contributed by atoms with Crippen molar-refractivity contribution in [2.45, 2.75) is 0 Å². The minimum atomic E-state index is 0.267. The van der Waals surface area contributed by atoms with E-state index < -0.39 is 0 Å². The molecule has 2 aromatic rings. The van der Waals surface area contributed by atoms with Gasteiger partial charge in [0.1, 0.15) is 0 Å². The minimum Gasteiger partial charge on any atom is -0.395 e. The van der Waals surface area contributed by atoms with Crippen LogP contribution < -0.4 is 5.32 Å². The van der Waals surface area contributed by atoms with Gasteiger partial charge in [0.2, 0.25) is 0 Å². The molecule has 0 spiro atoms. The molecule has 0 bridgehead atoms. The standard InChI is InChI=1S/C18H25N3O/c22-15-14-21-12-10-20(11-13-21)9-8-19-18-7-3-5-16-4-1-2-6-17(16)18/h1-7,19,22H,8-15H2. The molecule has 0 aliphatic carbocycles. The molecule has 0 amide bonds. The summed E-state index contributed by atoms with van der Waals surface area (Å²) in [7, 11) is 0. The third-order valence-corrected chi connectivity index (χ3v) is 4.41. The molecule has 1 heterocycles. The quantitative estimate of drug-likeness (QED) is 0.854. The highest BCUT2D eigenvalue weighted by molar-refractivity contribution is 5.93. The maximum atomic E-state index is 8.97. The molecule has 2 aromatic carbocycles. The fourth-order valence-corrected chi connectivity index (χ4v) is 3.11. The molecular weight excluding hydrogens is 274 g/mol. The van der Waals surface area contributed by atoms with Crippen LogP contribution in [0.1, 0.15) is 0 Å². The number of aliphatic hydroxyl groups is 1. The number of β-amino-alcohol motifs (C(OH)–C–C–N with tert-alkyl or cyclic N) is 1. The van der Waals surface area contributed by atoms with E-state index in [1.54, 1.807) is 0 Å². The third kappa shape index (κ3) is 3.77. The van der Waals surface area contributed by atoms with Crippen LogP contribution in [0.25, 0.3) is 10.8 Å². The Balaban J connectivity index is 1.49. The number of fused-ring (bicyclic) bond motifs is 1. The van der Waals surface area contributed by atoms with Gasteiger partial charge in [0.15, 0.2) is 0 Å². The van der Waals surface area contributed by atoms with E-state index in [4.69, 9.17) is 5.11 Å². The normalized spacial score (nSPS) is 17.0. The summed E-state index contributed by atoms with van der Waals surface area (Å²) in [6, 6.07) is 14.9. The summed E-state index contributed by atoms with van der Waals surface area (Å²) >= 11 is 0. The number of hydrogen-bond donors (Lipinski definition) is 2. The zero-order valence-electron chi connectivity index (χ0n) is 13.0. The van der Waals surface area contributed by atoms with Gasteiger partial charge in [0.25, 0.3) is 0 Å². The smallest absolute Gasteiger partial charge is 0.0558 e. The molecule has 0 saturated carbocycles. The van der Waals surface area contributed by atoms with Crippen LogP contribution in [-0.4, -0.2) is 67.3 Å². The van der Waals surface area contributed by atoms with Crippen LogP contribution in [0, 0.1) is 0 Å². The van der Waals surface area contributed by atoms with Crippen molar-refractivity contribution in [3.8, 4) is 0 Å². The van der Waals surface area contributed by atoms with Gasteiger partial charge >= 0.3 is 0 Å². The molecule has 1 aliphatic heterocycles. The fourth-order valence-electron chi connectivity index (χ4n) is 3.11. The molecule has 2 N–H and O–H groups in total. The highest BCUT2D eigenvalue weighted by Crippen LogP contribution is 2.22. The van der Waals surface area contributed by atoms with Gasteiger partial charge in [-0.05, 0) is 11.5 Å². The van der Waals surface area contributed by atoms with E-state index in [0.29, 0.717) is 0 Å². The average molecular weight is 299 g/mol. The van der Waals surface area contributed by atoms with Crippen LogP contribution in [-0.2, 0) is 0 Å². The van der Waals surface area contributed by atoms with E-state index in [9.17, 15) is 0 Å². The number of nitrogens with zero attached hydrogens (tertiary/aromatic N) is 2. The number of anilines is 1. The van der Waals surface area contributed by atoms with Crippen molar-refractivity contribution in [3.05, 3.63) is 42.5 Å². The number of hydrogen-bond acceptors (Lipinski definition) is 4. The number of nitrogens with one attached hydrogen (secondary N) is 1. The van der Waals surface area contributed by atoms with Crippen molar-refractivity contribution >= 4 is 16.5 Å². The van der Waals surface area contributed by atoms with E-state index in [1.165, 1.54) is 16.5 Å². The lowest BCUT2D eigenvalue weighted by Crippen LogP contribution is -2.48. The Bertz CT molecular complexity index is 588. The summed E-state index contributed by atoms with van der Waals surface area (Å²) < 4.78 is 0. The molecule has 0 atom stereocenters. The van der Waals surface area contributed by atoms with Crippen molar-refractivity contribution in [1.29, 1.82) is 0 Å². The average Bonchev–Trinajstić information content (AvgIpc) is 2.57. The minimum absolute atomic E-state index is 0.267. The first-order valence-electron chi connectivity index (χ1n) is 8.14. The van der Waals surface area contributed by atoms with E-state index in [-0.39, 0.29) is 6.61 Å². The monoisotopic (exact) mass is 299 g/mol. The second kappa shape index (κ2) is 7.58. The second-order valence-electron chi connectivity index (χ2n) is 5.86. The summed E-state index contributed by atoms with van der Waals surface area (Å²) in [6.07, 6.45) is 0. The molecule has 0 radical (unpaired) electrons. The molecule has 1 saturated heterocycles. The molecule has 0 unspecified atom stereocenters. The van der Waals surface area contributed by atoms with Crippen LogP contribution in [0.3, 0.4) is 0 Å². The first-order valence-corrected chi connectivity index (χ1v) is 8.14. The lowest BCUT2D eigenvalue weighted by molar-refractivity contribution is 0.115. The Morgan fingerprint density at radius 1 is 0.864 bits per heavy atom. The summed E-state index contributed by atoms with van der Waals surface area (Å²) in [5.41, 5.74) is 1.22. The van der Waals surface area contributed by atoms with E-state index in [2.05, 4.69) is 57.6 Å². The number of aliphatic hydroxyl groups excluding tert-OH is 1. The molecule has 1 aliphatic rings. The van der Waals surface area contributed by atoms with Gasteiger partial charge in [0, 0.05) is 56.9 Å². The lowest BCUT2D eigenvalue weighted by Gasteiger charge is -2.34. The summed E-state index contributed by atoms with van der Waals surface area (Å²) in [5.74, 6) is 0.